The molecule has 102 valence electrons. The van der Waals surface area contributed by atoms with E-state index in [1.807, 2.05) is 11.3 Å². The Labute approximate surface area is 116 Å². The Morgan fingerprint density at radius 3 is 2.78 bits per heavy atom. The lowest BCUT2D eigenvalue weighted by Gasteiger charge is -2.35. The summed E-state index contributed by atoms with van der Waals surface area (Å²) in [5.41, 5.74) is 0. The molecule has 4 atom stereocenters. The van der Waals surface area contributed by atoms with Crippen LogP contribution in [0, 0.1) is 18.8 Å². The normalized spacial score (nSPS) is 30.3. The minimum absolute atomic E-state index is 0.598. The number of hydrogen-bond donors (Lipinski definition) is 1. The van der Waals surface area contributed by atoms with Crippen LogP contribution in [0.4, 0.5) is 0 Å². The van der Waals surface area contributed by atoms with E-state index in [0.29, 0.717) is 6.04 Å². The van der Waals surface area contributed by atoms with E-state index in [2.05, 4.69) is 45.1 Å². The quantitative estimate of drug-likeness (QED) is 0.850. The second kappa shape index (κ2) is 6.21. The van der Waals surface area contributed by atoms with Crippen molar-refractivity contribution in [1.29, 1.82) is 0 Å². The van der Waals surface area contributed by atoms with Gasteiger partial charge in [-0.15, -0.1) is 11.3 Å². The molecule has 0 spiro atoms. The predicted molar refractivity (Wildman–Crippen MR) is 81.3 cm³/mol. The maximum absolute atomic E-state index is 3.86. The molecule has 0 radical (unpaired) electrons. The molecule has 0 saturated heterocycles. The Morgan fingerprint density at radius 1 is 1.33 bits per heavy atom. The zero-order valence-corrected chi connectivity index (χ0v) is 13.0. The van der Waals surface area contributed by atoms with Crippen LogP contribution in [-0.2, 0) is 6.42 Å². The fraction of sp³-hybridized carbons (Fsp3) is 0.750. The first-order valence-corrected chi connectivity index (χ1v) is 8.17. The predicted octanol–water partition coefficient (Wildman–Crippen LogP) is 4.40. The van der Waals surface area contributed by atoms with Crippen molar-refractivity contribution < 1.29 is 0 Å². The van der Waals surface area contributed by atoms with Crippen molar-refractivity contribution in [3.05, 3.63) is 21.9 Å². The second-order valence-corrected chi connectivity index (χ2v) is 7.66. The number of nitrogens with one attached hydrogen (secondary N) is 1. The summed E-state index contributed by atoms with van der Waals surface area (Å²) >= 11 is 1.94. The minimum Gasteiger partial charge on any atom is -0.311 e. The van der Waals surface area contributed by atoms with E-state index in [1.165, 1.54) is 35.4 Å². The van der Waals surface area contributed by atoms with Gasteiger partial charge in [0.25, 0.3) is 0 Å². The Balaban J connectivity index is 1.84. The maximum Gasteiger partial charge on any atom is 0.00978 e. The molecule has 1 aliphatic rings. The highest BCUT2D eigenvalue weighted by atomic mass is 32.1. The van der Waals surface area contributed by atoms with Crippen LogP contribution in [-0.4, -0.2) is 12.1 Å². The summed E-state index contributed by atoms with van der Waals surface area (Å²) in [6.45, 7) is 9.33. The molecule has 1 aromatic rings. The van der Waals surface area contributed by atoms with Gasteiger partial charge in [0.2, 0.25) is 0 Å². The van der Waals surface area contributed by atoms with Gasteiger partial charge in [0, 0.05) is 21.8 Å². The van der Waals surface area contributed by atoms with Crippen LogP contribution in [0.2, 0.25) is 0 Å². The Hall–Kier alpha value is -0.340. The van der Waals surface area contributed by atoms with Crippen molar-refractivity contribution in [2.24, 2.45) is 11.8 Å². The first-order chi connectivity index (χ1) is 8.54. The third kappa shape index (κ3) is 3.83. The highest BCUT2D eigenvalue weighted by Crippen LogP contribution is 2.29. The number of hydrogen-bond acceptors (Lipinski definition) is 2. The molecule has 0 aliphatic heterocycles. The fourth-order valence-corrected chi connectivity index (χ4v) is 4.10. The van der Waals surface area contributed by atoms with Gasteiger partial charge < -0.3 is 5.32 Å². The highest BCUT2D eigenvalue weighted by molar-refractivity contribution is 7.11. The van der Waals surface area contributed by atoms with Crippen molar-refractivity contribution in [3.8, 4) is 0 Å². The van der Waals surface area contributed by atoms with Crippen LogP contribution in [0.5, 0.6) is 0 Å². The first kappa shape index (κ1) is 14.1. The van der Waals surface area contributed by atoms with Gasteiger partial charge >= 0.3 is 0 Å². The topological polar surface area (TPSA) is 12.0 Å². The van der Waals surface area contributed by atoms with Gasteiger partial charge in [-0.2, -0.15) is 0 Å². The Bertz CT molecular complexity index is 371. The van der Waals surface area contributed by atoms with Gasteiger partial charge in [-0.3, -0.25) is 0 Å². The Morgan fingerprint density at radius 2 is 2.11 bits per heavy atom. The lowest BCUT2D eigenvalue weighted by atomic mass is 9.80. The lowest BCUT2D eigenvalue weighted by Crippen LogP contribution is -2.44. The average Bonchev–Trinajstić information content (AvgIpc) is 2.69. The summed E-state index contributed by atoms with van der Waals surface area (Å²) in [5, 5.41) is 3.86. The molecule has 1 aliphatic carbocycles. The zero-order valence-electron chi connectivity index (χ0n) is 12.2. The van der Waals surface area contributed by atoms with Crippen LogP contribution in [0.25, 0.3) is 0 Å². The number of rotatable bonds is 4. The largest absolute Gasteiger partial charge is 0.311 e. The van der Waals surface area contributed by atoms with Crippen LogP contribution < -0.4 is 5.32 Å². The molecule has 1 fully saturated rings. The van der Waals surface area contributed by atoms with E-state index in [4.69, 9.17) is 0 Å². The van der Waals surface area contributed by atoms with E-state index in [1.54, 1.807) is 0 Å². The van der Waals surface area contributed by atoms with Gasteiger partial charge in [0.15, 0.2) is 0 Å². The van der Waals surface area contributed by atoms with Crippen molar-refractivity contribution in [2.75, 3.05) is 0 Å². The summed E-state index contributed by atoms with van der Waals surface area (Å²) < 4.78 is 0. The Kier molecular flexibility index (Phi) is 4.85. The van der Waals surface area contributed by atoms with Gasteiger partial charge in [0.1, 0.15) is 0 Å². The van der Waals surface area contributed by atoms with E-state index in [9.17, 15) is 0 Å². The lowest BCUT2D eigenvalue weighted by molar-refractivity contribution is 0.215. The minimum atomic E-state index is 0.598. The summed E-state index contributed by atoms with van der Waals surface area (Å²) in [4.78, 5) is 2.95. The number of thiophene rings is 1. The van der Waals surface area contributed by atoms with Gasteiger partial charge in [-0.25, -0.2) is 0 Å². The van der Waals surface area contributed by atoms with E-state index < -0.39 is 0 Å². The van der Waals surface area contributed by atoms with E-state index >= 15 is 0 Å². The summed E-state index contributed by atoms with van der Waals surface area (Å²) in [5.74, 6) is 1.74. The SMILES string of the molecule is Cc1ccc(CC(C)NC2CC(C)CCC2C)s1. The van der Waals surface area contributed by atoms with Gasteiger partial charge in [0.05, 0.1) is 0 Å². The van der Waals surface area contributed by atoms with Crippen LogP contribution in [0.3, 0.4) is 0 Å². The average molecular weight is 265 g/mol. The molecule has 2 rings (SSSR count). The van der Waals surface area contributed by atoms with Gasteiger partial charge in [-0.05, 0) is 57.1 Å². The molecule has 1 nitrogen and oxygen atoms in total. The molecule has 1 saturated carbocycles. The summed E-state index contributed by atoms with van der Waals surface area (Å²) in [7, 11) is 0. The third-order valence-electron chi connectivity index (χ3n) is 4.26. The molecular formula is C16H27NS. The molecule has 1 heterocycles. The van der Waals surface area contributed by atoms with Crippen LogP contribution in [0.1, 0.15) is 49.8 Å². The van der Waals surface area contributed by atoms with E-state index in [0.717, 1.165) is 17.9 Å². The van der Waals surface area contributed by atoms with Gasteiger partial charge in [-0.1, -0.05) is 20.3 Å². The molecule has 0 aromatic carbocycles. The first-order valence-electron chi connectivity index (χ1n) is 7.36. The molecule has 1 N–H and O–H groups in total. The van der Waals surface area contributed by atoms with Crippen LogP contribution >= 0.6 is 11.3 Å². The number of aryl methyl sites for hydroxylation is 1. The van der Waals surface area contributed by atoms with Crippen molar-refractivity contribution in [3.63, 3.8) is 0 Å². The highest BCUT2D eigenvalue weighted by Gasteiger charge is 2.26. The van der Waals surface area contributed by atoms with Crippen LogP contribution in [0.15, 0.2) is 12.1 Å². The maximum atomic E-state index is 3.86. The zero-order chi connectivity index (χ0) is 13.1. The molecule has 2 heteroatoms. The van der Waals surface area contributed by atoms with Crippen molar-refractivity contribution in [2.45, 2.75) is 65.5 Å². The second-order valence-electron chi connectivity index (χ2n) is 6.29. The molecule has 1 aromatic heterocycles. The summed E-state index contributed by atoms with van der Waals surface area (Å²) in [6.07, 6.45) is 5.34. The summed E-state index contributed by atoms with van der Waals surface area (Å²) in [6, 6.07) is 5.84. The molecular weight excluding hydrogens is 238 g/mol. The molecule has 18 heavy (non-hydrogen) atoms. The van der Waals surface area contributed by atoms with E-state index in [-0.39, 0.29) is 0 Å². The molecule has 4 unspecified atom stereocenters. The molecule has 0 bridgehead atoms. The van der Waals surface area contributed by atoms with Crippen molar-refractivity contribution in [1.82, 2.24) is 5.32 Å². The monoisotopic (exact) mass is 265 g/mol. The standard InChI is InChI=1S/C16H27NS/c1-11-5-6-12(2)16(9-11)17-13(3)10-15-8-7-14(4)18-15/h7-8,11-13,16-17H,5-6,9-10H2,1-4H3. The third-order valence-corrected chi connectivity index (χ3v) is 5.28. The fourth-order valence-electron chi connectivity index (χ4n) is 3.09. The smallest absolute Gasteiger partial charge is 0.00978 e. The van der Waals surface area contributed by atoms with Crippen molar-refractivity contribution >= 4 is 11.3 Å². The molecule has 0 amide bonds.